The Balaban J connectivity index is 2.48. The molecular formula is C15H14. The van der Waals surface area contributed by atoms with E-state index in [0.717, 1.165) is 12.8 Å². The fraction of sp³-hybridized carbons (Fsp3) is 0.200. The number of rotatable bonds is 1. The van der Waals surface area contributed by atoms with Crippen molar-refractivity contribution in [2.24, 2.45) is 0 Å². The van der Waals surface area contributed by atoms with Crippen LogP contribution in [0.25, 0.3) is 16.8 Å². The third-order valence-corrected chi connectivity index (χ3v) is 3.27. The molecule has 15 heavy (non-hydrogen) atoms. The molecule has 0 nitrogen and oxygen atoms in total. The molecule has 0 aromatic heterocycles. The summed E-state index contributed by atoms with van der Waals surface area (Å²) in [6.45, 7) is 2.22. The summed E-state index contributed by atoms with van der Waals surface area (Å²) < 4.78 is 0. The van der Waals surface area contributed by atoms with E-state index in [1.807, 2.05) is 0 Å². The predicted molar refractivity (Wildman–Crippen MR) is 66.1 cm³/mol. The Bertz CT molecular complexity index is 547. The molecule has 0 amide bonds. The Morgan fingerprint density at radius 3 is 2.93 bits per heavy atom. The minimum absolute atomic E-state index is 1.08. The van der Waals surface area contributed by atoms with Crippen LogP contribution in [-0.2, 0) is 12.8 Å². The molecule has 1 aliphatic rings. The van der Waals surface area contributed by atoms with Crippen LogP contribution in [0.3, 0.4) is 0 Å². The summed E-state index contributed by atoms with van der Waals surface area (Å²) in [6.07, 6.45) is 6.76. The average molecular weight is 194 g/mol. The van der Waals surface area contributed by atoms with E-state index < -0.39 is 0 Å². The van der Waals surface area contributed by atoms with Crippen LogP contribution >= 0.6 is 0 Å². The molecule has 0 fully saturated rings. The van der Waals surface area contributed by atoms with Gasteiger partial charge in [0.2, 0.25) is 0 Å². The van der Waals surface area contributed by atoms with Gasteiger partial charge in [-0.05, 0) is 40.3 Å². The zero-order valence-electron chi connectivity index (χ0n) is 8.96. The van der Waals surface area contributed by atoms with Crippen molar-refractivity contribution in [1.29, 1.82) is 0 Å². The molecular weight excluding hydrogens is 180 g/mol. The first-order valence-electron chi connectivity index (χ1n) is 5.60. The minimum atomic E-state index is 1.08. The lowest BCUT2D eigenvalue weighted by Gasteiger charge is -2.15. The van der Waals surface area contributed by atoms with Gasteiger partial charge in [-0.3, -0.25) is 0 Å². The van der Waals surface area contributed by atoms with E-state index >= 15 is 0 Å². The van der Waals surface area contributed by atoms with Gasteiger partial charge in [0.1, 0.15) is 0 Å². The molecule has 0 aliphatic heterocycles. The van der Waals surface area contributed by atoms with Crippen LogP contribution in [0.2, 0.25) is 0 Å². The fourth-order valence-electron chi connectivity index (χ4n) is 2.50. The molecule has 0 atom stereocenters. The van der Waals surface area contributed by atoms with E-state index in [4.69, 9.17) is 0 Å². The molecule has 0 spiro atoms. The van der Waals surface area contributed by atoms with Gasteiger partial charge in [-0.1, -0.05) is 49.4 Å². The van der Waals surface area contributed by atoms with Gasteiger partial charge in [0, 0.05) is 0 Å². The molecule has 0 radical (unpaired) electrons. The van der Waals surface area contributed by atoms with Crippen LogP contribution in [0.5, 0.6) is 0 Å². The molecule has 3 rings (SSSR count). The number of hydrogen-bond donors (Lipinski definition) is 0. The molecule has 0 bridgehead atoms. The Morgan fingerprint density at radius 1 is 1.13 bits per heavy atom. The van der Waals surface area contributed by atoms with Gasteiger partial charge < -0.3 is 0 Å². The quantitative estimate of drug-likeness (QED) is 0.644. The van der Waals surface area contributed by atoms with Crippen molar-refractivity contribution in [3.05, 3.63) is 53.1 Å². The normalized spacial score (nSPS) is 13.4. The second-order valence-electron chi connectivity index (χ2n) is 4.11. The summed E-state index contributed by atoms with van der Waals surface area (Å²) in [6, 6.07) is 11.1. The number of allylic oxidation sites excluding steroid dienone is 1. The van der Waals surface area contributed by atoms with Crippen LogP contribution in [0.15, 0.2) is 36.4 Å². The monoisotopic (exact) mass is 194 g/mol. The Kier molecular flexibility index (Phi) is 1.88. The molecule has 0 heteroatoms. The first-order chi connectivity index (χ1) is 7.40. The van der Waals surface area contributed by atoms with Gasteiger partial charge >= 0.3 is 0 Å². The average Bonchev–Trinajstić information content (AvgIpc) is 2.30. The zero-order valence-corrected chi connectivity index (χ0v) is 8.96. The summed E-state index contributed by atoms with van der Waals surface area (Å²) in [5.74, 6) is 0. The highest BCUT2D eigenvalue weighted by molar-refractivity contribution is 5.96. The predicted octanol–water partition coefficient (Wildman–Crippen LogP) is 3.97. The van der Waals surface area contributed by atoms with E-state index in [-0.39, 0.29) is 0 Å². The van der Waals surface area contributed by atoms with Crippen LogP contribution in [-0.4, -0.2) is 0 Å². The van der Waals surface area contributed by atoms with Crippen molar-refractivity contribution >= 4 is 16.8 Å². The van der Waals surface area contributed by atoms with Crippen LogP contribution in [0, 0.1) is 0 Å². The molecule has 2 aromatic rings. The van der Waals surface area contributed by atoms with Crippen LogP contribution < -0.4 is 0 Å². The van der Waals surface area contributed by atoms with Crippen LogP contribution in [0.1, 0.15) is 23.6 Å². The van der Waals surface area contributed by atoms with E-state index in [9.17, 15) is 0 Å². The molecule has 0 saturated heterocycles. The summed E-state index contributed by atoms with van der Waals surface area (Å²) in [5, 5.41) is 2.85. The molecule has 1 aliphatic carbocycles. The van der Waals surface area contributed by atoms with Crippen molar-refractivity contribution in [2.75, 3.05) is 0 Å². The second-order valence-corrected chi connectivity index (χ2v) is 4.11. The molecule has 74 valence electrons. The Morgan fingerprint density at radius 2 is 2.07 bits per heavy atom. The van der Waals surface area contributed by atoms with E-state index in [2.05, 4.69) is 49.4 Å². The lowest BCUT2D eigenvalue weighted by Crippen LogP contribution is -1.96. The van der Waals surface area contributed by atoms with Gasteiger partial charge in [0.15, 0.2) is 0 Å². The standard InChI is InChI=1S/C15H14/c1-2-11-9-10-13-6-3-5-12-7-4-8-14(11)15(12)13/h3-6,8-10H,2,7H2,1H3. The maximum atomic E-state index is 2.29. The number of aryl methyl sites for hydroxylation is 1. The summed E-state index contributed by atoms with van der Waals surface area (Å²) in [7, 11) is 0. The molecule has 0 saturated carbocycles. The van der Waals surface area contributed by atoms with E-state index in [0.29, 0.717) is 0 Å². The third-order valence-electron chi connectivity index (χ3n) is 3.27. The molecule has 0 unspecified atom stereocenters. The van der Waals surface area contributed by atoms with Gasteiger partial charge in [-0.25, -0.2) is 0 Å². The summed E-state index contributed by atoms with van der Waals surface area (Å²) in [5.41, 5.74) is 4.38. The Hall–Kier alpha value is -1.56. The lowest BCUT2D eigenvalue weighted by molar-refractivity contribution is 1.13. The lowest BCUT2D eigenvalue weighted by atomic mass is 9.89. The van der Waals surface area contributed by atoms with E-state index in [1.165, 1.54) is 27.5 Å². The van der Waals surface area contributed by atoms with Crippen LogP contribution in [0.4, 0.5) is 0 Å². The van der Waals surface area contributed by atoms with Crippen molar-refractivity contribution in [2.45, 2.75) is 19.8 Å². The molecule has 0 heterocycles. The van der Waals surface area contributed by atoms with Gasteiger partial charge in [-0.2, -0.15) is 0 Å². The fourth-order valence-corrected chi connectivity index (χ4v) is 2.50. The number of benzene rings is 2. The summed E-state index contributed by atoms with van der Waals surface area (Å²) in [4.78, 5) is 0. The van der Waals surface area contributed by atoms with Crippen molar-refractivity contribution in [3.8, 4) is 0 Å². The number of hydrogen-bond acceptors (Lipinski definition) is 0. The largest absolute Gasteiger partial charge is 0.0795 e. The van der Waals surface area contributed by atoms with Crippen molar-refractivity contribution in [1.82, 2.24) is 0 Å². The highest BCUT2D eigenvalue weighted by Gasteiger charge is 2.10. The summed E-state index contributed by atoms with van der Waals surface area (Å²) >= 11 is 0. The van der Waals surface area contributed by atoms with Gasteiger partial charge in [-0.15, -0.1) is 0 Å². The maximum absolute atomic E-state index is 2.29. The van der Waals surface area contributed by atoms with Gasteiger partial charge in [0.05, 0.1) is 0 Å². The first kappa shape index (κ1) is 8.72. The highest BCUT2D eigenvalue weighted by Crippen LogP contribution is 2.31. The third kappa shape index (κ3) is 1.21. The molecule has 0 N–H and O–H groups in total. The zero-order chi connectivity index (χ0) is 10.3. The second kappa shape index (κ2) is 3.23. The highest BCUT2D eigenvalue weighted by atomic mass is 14.1. The topological polar surface area (TPSA) is 0 Å². The first-order valence-corrected chi connectivity index (χ1v) is 5.60. The van der Waals surface area contributed by atoms with E-state index in [1.54, 1.807) is 0 Å². The van der Waals surface area contributed by atoms with Gasteiger partial charge in [0.25, 0.3) is 0 Å². The smallest absolute Gasteiger partial charge is 0.00735 e. The minimum Gasteiger partial charge on any atom is -0.0795 e. The maximum Gasteiger partial charge on any atom is -0.00735 e. The van der Waals surface area contributed by atoms with Crippen molar-refractivity contribution < 1.29 is 0 Å². The molecule has 2 aromatic carbocycles. The Labute approximate surface area is 90.2 Å². The SMILES string of the molecule is CCc1ccc2cccc3c2c1C=CC3. The van der Waals surface area contributed by atoms with Crippen molar-refractivity contribution in [3.63, 3.8) is 0 Å².